The number of halogens is 1. The summed E-state index contributed by atoms with van der Waals surface area (Å²) >= 11 is 7.07. The number of hydrogen-bond donors (Lipinski definition) is 2. The van der Waals surface area contributed by atoms with E-state index >= 15 is 0 Å². The van der Waals surface area contributed by atoms with Crippen molar-refractivity contribution in [3.63, 3.8) is 0 Å². The Kier molecular flexibility index (Phi) is 6.02. The fourth-order valence-corrected chi connectivity index (χ4v) is 2.66. The summed E-state index contributed by atoms with van der Waals surface area (Å²) in [6.45, 7) is 2.63. The van der Waals surface area contributed by atoms with Crippen molar-refractivity contribution in [2.75, 3.05) is 11.1 Å². The average Bonchev–Trinajstić information content (AvgIpc) is 2.86. The van der Waals surface area contributed by atoms with Gasteiger partial charge in [-0.2, -0.15) is 0 Å². The normalized spacial score (nSPS) is 10.6. The van der Waals surface area contributed by atoms with E-state index in [1.54, 1.807) is 22.9 Å². The van der Waals surface area contributed by atoms with Gasteiger partial charge in [-0.15, -0.1) is 5.10 Å². The van der Waals surface area contributed by atoms with Gasteiger partial charge in [-0.3, -0.25) is 9.36 Å². The SMILES string of the molecule is CCCCn1c(SCC(=O)Nc2cccnc2Cl)n[nH]c1=O. The molecule has 0 fully saturated rings. The average molecular weight is 342 g/mol. The zero-order valence-corrected chi connectivity index (χ0v) is 13.6. The second-order valence-corrected chi connectivity index (χ2v) is 5.80. The molecule has 2 N–H and O–H groups in total. The maximum Gasteiger partial charge on any atom is 0.343 e. The number of thioether (sulfide) groups is 1. The Hall–Kier alpha value is -1.80. The first kappa shape index (κ1) is 16.6. The van der Waals surface area contributed by atoms with E-state index in [9.17, 15) is 9.59 Å². The highest BCUT2D eigenvalue weighted by Gasteiger charge is 2.12. The number of nitrogens with one attached hydrogen (secondary N) is 2. The second-order valence-electron chi connectivity index (χ2n) is 4.50. The van der Waals surface area contributed by atoms with Gasteiger partial charge in [-0.25, -0.2) is 14.9 Å². The van der Waals surface area contributed by atoms with Crippen LogP contribution in [0.2, 0.25) is 5.15 Å². The maximum absolute atomic E-state index is 11.9. The molecule has 2 rings (SSSR count). The van der Waals surface area contributed by atoms with Gasteiger partial charge in [0, 0.05) is 12.7 Å². The molecule has 0 aliphatic carbocycles. The van der Waals surface area contributed by atoms with Crippen molar-refractivity contribution >= 4 is 35.0 Å². The van der Waals surface area contributed by atoms with Gasteiger partial charge in [-0.05, 0) is 18.6 Å². The molecule has 2 aromatic heterocycles. The van der Waals surface area contributed by atoms with Gasteiger partial charge in [0.15, 0.2) is 10.3 Å². The lowest BCUT2D eigenvalue weighted by atomic mass is 10.3. The number of aromatic nitrogens is 4. The van der Waals surface area contributed by atoms with Gasteiger partial charge in [0.05, 0.1) is 11.4 Å². The van der Waals surface area contributed by atoms with E-state index in [1.165, 1.54) is 11.8 Å². The van der Waals surface area contributed by atoms with E-state index in [2.05, 4.69) is 20.5 Å². The molecular formula is C13H16ClN5O2S. The largest absolute Gasteiger partial charge is 0.343 e. The molecule has 0 unspecified atom stereocenters. The molecule has 0 bridgehead atoms. The third-order valence-corrected chi connectivity index (χ3v) is 4.10. The smallest absolute Gasteiger partial charge is 0.323 e. The van der Waals surface area contributed by atoms with Crippen LogP contribution in [-0.2, 0) is 11.3 Å². The quantitative estimate of drug-likeness (QED) is 0.594. The van der Waals surface area contributed by atoms with Gasteiger partial charge in [0.2, 0.25) is 5.91 Å². The number of rotatable bonds is 7. The van der Waals surface area contributed by atoms with Gasteiger partial charge in [0.1, 0.15) is 0 Å². The summed E-state index contributed by atoms with van der Waals surface area (Å²) in [6.07, 6.45) is 3.40. The zero-order valence-electron chi connectivity index (χ0n) is 12.0. The van der Waals surface area contributed by atoms with E-state index in [1.807, 2.05) is 6.92 Å². The van der Waals surface area contributed by atoms with Crippen LogP contribution in [0.25, 0.3) is 0 Å². The van der Waals surface area contributed by atoms with Crippen LogP contribution in [0.1, 0.15) is 19.8 Å². The summed E-state index contributed by atoms with van der Waals surface area (Å²) < 4.78 is 1.54. The van der Waals surface area contributed by atoms with E-state index in [0.717, 1.165) is 12.8 Å². The van der Waals surface area contributed by atoms with Crippen molar-refractivity contribution in [1.29, 1.82) is 0 Å². The molecule has 0 aliphatic heterocycles. The Bertz CT molecular complexity index is 700. The van der Waals surface area contributed by atoms with Gasteiger partial charge in [-0.1, -0.05) is 36.7 Å². The number of amides is 1. The zero-order chi connectivity index (χ0) is 15.9. The summed E-state index contributed by atoms with van der Waals surface area (Å²) in [5.41, 5.74) is 0.201. The Morgan fingerprint density at radius 2 is 2.36 bits per heavy atom. The lowest BCUT2D eigenvalue weighted by Crippen LogP contribution is -2.19. The molecule has 0 aromatic carbocycles. The van der Waals surface area contributed by atoms with Crippen molar-refractivity contribution in [3.05, 3.63) is 34.0 Å². The molecule has 0 aliphatic rings. The predicted octanol–water partition coefficient (Wildman–Crippen LogP) is 2.15. The summed E-state index contributed by atoms with van der Waals surface area (Å²) in [5.74, 6) is -0.112. The third-order valence-electron chi connectivity index (χ3n) is 2.82. The molecule has 0 spiro atoms. The number of hydrogen-bond acceptors (Lipinski definition) is 5. The number of carbonyl (C=O) groups excluding carboxylic acids is 1. The summed E-state index contributed by atoms with van der Waals surface area (Å²) in [4.78, 5) is 27.4. The molecule has 0 atom stereocenters. The molecule has 2 heterocycles. The first-order chi connectivity index (χ1) is 10.6. The Balaban J connectivity index is 1.94. The molecule has 22 heavy (non-hydrogen) atoms. The second kappa shape index (κ2) is 8.00. The van der Waals surface area contributed by atoms with Crippen molar-refractivity contribution in [2.45, 2.75) is 31.5 Å². The number of H-pyrrole nitrogens is 1. The number of unbranched alkanes of at least 4 members (excludes halogenated alkanes) is 1. The number of carbonyl (C=O) groups is 1. The van der Waals surface area contributed by atoms with Crippen LogP contribution >= 0.6 is 23.4 Å². The topological polar surface area (TPSA) is 92.7 Å². The minimum Gasteiger partial charge on any atom is -0.323 e. The summed E-state index contributed by atoms with van der Waals surface area (Å²) in [5, 5.41) is 9.75. The highest BCUT2D eigenvalue weighted by Crippen LogP contribution is 2.19. The number of aromatic amines is 1. The van der Waals surface area contributed by atoms with Crippen LogP contribution in [0.5, 0.6) is 0 Å². The van der Waals surface area contributed by atoms with Crippen LogP contribution in [0.4, 0.5) is 5.69 Å². The van der Waals surface area contributed by atoms with Crippen molar-refractivity contribution < 1.29 is 4.79 Å². The van der Waals surface area contributed by atoms with E-state index < -0.39 is 0 Å². The fourth-order valence-electron chi connectivity index (χ4n) is 1.72. The van der Waals surface area contributed by atoms with Crippen LogP contribution < -0.4 is 11.0 Å². The lowest BCUT2D eigenvalue weighted by molar-refractivity contribution is -0.113. The van der Waals surface area contributed by atoms with Crippen LogP contribution in [0.15, 0.2) is 28.3 Å². The molecule has 9 heteroatoms. The maximum atomic E-state index is 11.9. The molecule has 2 aromatic rings. The minimum absolute atomic E-state index is 0.127. The van der Waals surface area contributed by atoms with Gasteiger partial charge < -0.3 is 5.32 Å². The fraction of sp³-hybridized carbons (Fsp3) is 0.385. The Labute approximate surface area is 136 Å². The Morgan fingerprint density at radius 1 is 1.55 bits per heavy atom. The molecular weight excluding hydrogens is 326 g/mol. The summed E-state index contributed by atoms with van der Waals surface area (Å²) in [6, 6.07) is 3.36. The first-order valence-corrected chi connectivity index (χ1v) is 8.16. The lowest BCUT2D eigenvalue weighted by Gasteiger charge is -2.06. The van der Waals surface area contributed by atoms with Gasteiger partial charge in [0.25, 0.3) is 0 Å². The number of anilines is 1. The molecule has 0 saturated heterocycles. The van der Waals surface area contributed by atoms with Crippen LogP contribution in [0.3, 0.4) is 0 Å². The third kappa shape index (κ3) is 4.35. The monoisotopic (exact) mass is 341 g/mol. The van der Waals surface area contributed by atoms with Crippen molar-refractivity contribution in [3.8, 4) is 0 Å². The Morgan fingerprint density at radius 3 is 3.09 bits per heavy atom. The van der Waals surface area contributed by atoms with Crippen LogP contribution in [-0.4, -0.2) is 31.4 Å². The van der Waals surface area contributed by atoms with Crippen molar-refractivity contribution in [2.24, 2.45) is 0 Å². The number of nitrogens with zero attached hydrogens (tertiary/aromatic N) is 3. The van der Waals surface area contributed by atoms with E-state index in [-0.39, 0.29) is 22.5 Å². The van der Waals surface area contributed by atoms with Gasteiger partial charge >= 0.3 is 5.69 Å². The molecule has 1 amide bonds. The minimum atomic E-state index is -0.258. The molecule has 0 radical (unpaired) electrons. The van der Waals surface area contributed by atoms with Crippen molar-refractivity contribution in [1.82, 2.24) is 19.7 Å². The molecule has 7 nitrogen and oxygen atoms in total. The molecule has 0 saturated carbocycles. The first-order valence-electron chi connectivity index (χ1n) is 6.80. The highest BCUT2D eigenvalue weighted by molar-refractivity contribution is 7.99. The predicted molar refractivity (Wildman–Crippen MR) is 86.4 cm³/mol. The van der Waals surface area contributed by atoms with E-state index in [4.69, 9.17) is 11.6 Å². The molecule has 118 valence electrons. The summed E-state index contributed by atoms with van der Waals surface area (Å²) in [7, 11) is 0. The number of pyridine rings is 1. The van der Waals surface area contributed by atoms with Crippen LogP contribution in [0, 0.1) is 0 Å². The van der Waals surface area contributed by atoms with E-state index in [0.29, 0.717) is 17.4 Å². The highest BCUT2D eigenvalue weighted by atomic mass is 35.5. The standard InChI is InChI=1S/C13H16ClN5O2S/c1-2-3-7-19-12(21)17-18-13(19)22-8-10(20)16-9-5-4-6-15-11(9)14/h4-6H,2-3,7-8H2,1H3,(H,16,20)(H,17,21).